The summed E-state index contributed by atoms with van der Waals surface area (Å²) in [6.07, 6.45) is 2.71. The predicted molar refractivity (Wildman–Crippen MR) is 86.6 cm³/mol. The van der Waals surface area contributed by atoms with Crippen molar-refractivity contribution in [3.8, 4) is 0 Å². The monoisotopic (exact) mass is 334 g/mol. The zero-order valence-electron chi connectivity index (χ0n) is 12.9. The molecule has 0 aliphatic heterocycles. The van der Waals surface area contributed by atoms with Gasteiger partial charge in [0.15, 0.2) is 0 Å². The first kappa shape index (κ1) is 18.4. The fourth-order valence-corrected chi connectivity index (χ4v) is 4.00. The van der Waals surface area contributed by atoms with Crippen LogP contribution in [-0.4, -0.2) is 44.9 Å². The topological polar surface area (TPSA) is 49.4 Å². The second-order valence-electron chi connectivity index (χ2n) is 4.95. The lowest BCUT2D eigenvalue weighted by Gasteiger charge is -2.24. The van der Waals surface area contributed by atoms with Gasteiger partial charge in [-0.15, -0.1) is 0 Å². The van der Waals surface area contributed by atoms with Crippen molar-refractivity contribution in [2.75, 3.05) is 26.1 Å². The average molecular weight is 334 g/mol. The van der Waals surface area contributed by atoms with Crippen molar-refractivity contribution in [3.05, 3.63) is 29.6 Å². The first-order valence-electron chi connectivity index (χ1n) is 6.74. The zero-order chi connectivity index (χ0) is 16.0. The molecule has 0 saturated heterocycles. The van der Waals surface area contributed by atoms with E-state index in [-0.39, 0.29) is 10.9 Å². The van der Waals surface area contributed by atoms with Gasteiger partial charge >= 0.3 is 0 Å². The van der Waals surface area contributed by atoms with Gasteiger partial charge in [0.25, 0.3) is 0 Å². The summed E-state index contributed by atoms with van der Waals surface area (Å²) in [5, 5.41) is 2.93. The Morgan fingerprint density at radius 2 is 2.10 bits per heavy atom. The highest BCUT2D eigenvalue weighted by Crippen LogP contribution is 2.22. The summed E-state index contributed by atoms with van der Waals surface area (Å²) in [6, 6.07) is 4.02. The van der Waals surface area contributed by atoms with E-state index in [2.05, 4.69) is 5.32 Å². The molecule has 1 rings (SSSR count). The summed E-state index contributed by atoms with van der Waals surface area (Å²) in [6.45, 7) is 2.33. The Kier molecular flexibility index (Phi) is 7.12. The molecule has 4 nitrogen and oxygen atoms in total. The van der Waals surface area contributed by atoms with E-state index < -0.39 is 15.8 Å². The molecule has 0 aliphatic carbocycles. The van der Waals surface area contributed by atoms with Gasteiger partial charge in [0.1, 0.15) is 10.7 Å². The summed E-state index contributed by atoms with van der Waals surface area (Å²) in [4.78, 5) is -0.256. The number of nitrogens with zero attached hydrogens (tertiary/aromatic N) is 1. The Hall–Kier alpha value is -0.630. The number of benzene rings is 1. The Balaban J connectivity index is 3.08. The minimum Gasteiger partial charge on any atom is -0.316 e. The molecule has 0 radical (unpaired) electrons. The number of halogens is 1. The zero-order valence-corrected chi connectivity index (χ0v) is 14.5. The number of nitrogens with one attached hydrogen (secondary N) is 1. The lowest BCUT2D eigenvalue weighted by Crippen LogP contribution is -2.36. The molecule has 0 aliphatic rings. The molecule has 0 saturated carbocycles. The third kappa shape index (κ3) is 4.67. The quantitative estimate of drug-likeness (QED) is 0.792. The molecule has 0 amide bonds. The Labute approximate surface area is 131 Å². The minimum absolute atomic E-state index is 0.171. The van der Waals surface area contributed by atoms with Crippen LogP contribution in [0.1, 0.15) is 18.9 Å². The van der Waals surface area contributed by atoms with Crippen LogP contribution >= 0.6 is 11.8 Å². The molecule has 1 N–H and O–H groups in total. The van der Waals surface area contributed by atoms with Gasteiger partial charge in [-0.1, -0.05) is 6.07 Å². The fourth-order valence-electron chi connectivity index (χ4n) is 1.92. The second kappa shape index (κ2) is 8.12. The van der Waals surface area contributed by atoms with Gasteiger partial charge in [0.05, 0.1) is 0 Å². The van der Waals surface area contributed by atoms with Crippen LogP contribution in [-0.2, 0) is 16.6 Å². The minimum atomic E-state index is -3.82. The number of hydrogen-bond donors (Lipinski definition) is 1. The fraction of sp³-hybridized carbons (Fsp3) is 0.571. The van der Waals surface area contributed by atoms with Gasteiger partial charge in [-0.25, -0.2) is 12.8 Å². The number of thioether (sulfide) groups is 1. The number of sulfonamides is 1. The number of rotatable bonds is 8. The van der Waals surface area contributed by atoms with Crippen LogP contribution in [0.5, 0.6) is 0 Å². The van der Waals surface area contributed by atoms with E-state index in [4.69, 9.17) is 0 Å². The maximum absolute atomic E-state index is 14.0. The van der Waals surface area contributed by atoms with E-state index in [9.17, 15) is 12.8 Å². The van der Waals surface area contributed by atoms with Crippen LogP contribution in [0.25, 0.3) is 0 Å². The van der Waals surface area contributed by atoms with Crippen molar-refractivity contribution in [1.29, 1.82) is 0 Å². The third-order valence-corrected chi connectivity index (χ3v) is 6.02. The van der Waals surface area contributed by atoms with Crippen LogP contribution < -0.4 is 5.32 Å². The molecule has 21 heavy (non-hydrogen) atoms. The van der Waals surface area contributed by atoms with Gasteiger partial charge in [0, 0.05) is 19.6 Å². The molecule has 0 heterocycles. The Morgan fingerprint density at radius 3 is 2.67 bits per heavy atom. The first-order chi connectivity index (χ1) is 9.84. The van der Waals surface area contributed by atoms with Crippen molar-refractivity contribution >= 4 is 21.8 Å². The maximum atomic E-state index is 14.0. The standard InChI is InChI=1S/C14H23FN2O2S2/c1-11(7-8-20-4)17(3)21(18,19)14-9-12(10-16-2)5-6-13(14)15/h5-6,9,11,16H,7-8,10H2,1-4H3. The summed E-state index contributed by atoms with van der Waals surface area (Å²) in [7, 11) is -0.556. The molecule has 7 heteroatoms. The van der Waals surface area contributed by atoms with Crippen LogP contribution in [0.3, 0.4) is 0 Å². The van der Waals surface area contributed by atoms with E-state index in [1.54, 1.807) is 24.9 Å². The first-order valence-corrected chi connectivity index (χ1v) is 9.58. The van der Waals surface area contributed by atoms with Crippen molar-refractivity contribution < 1.29 is 12.8 Å². The summed E-state index contributed by atoms with van der Waals surface area (Å²) in [5.41, 5.74) is 0.739. The molecule has 1 atom stereocenters. The van der Waals surface area contributed by atoms with Gasteiger partial charge < -0.3 is 5.32 Å². The van der Waals surface area contributed by atoms with Crippen molar-refractivity contribution in [1.82, 2.24) is 9.62 Å². The SMILES string of the molecule is CNCc1ccc(F)c(S(=O)(=O)N(C)C(C)CCSC)c1. The molecule has 120 valence electrons. The summed E-state index contributed by atoms with van der Waals surface area (Å²) < 4.78 is 40.4. The van der Waals surface area contributed by atoms with Crippen molar-refractivity contribution in [2.24, 2.45) is 0 Å². The van der Waals surface area contributed by atoms with Gasteiger partial charge in [-0.3, -0.25) is 0 Å². The smallest absolute Gasteiger partial charge is 0.245 e. The molecule has 0 aromatic heterocycles. The van der Waals surface area contributed by atoms with E-state index in [0.717, 1.165) is 17.7 Å². The molecular weight excluding hydrogens is 311 g/mol. The van der Waals surface area contributed by atoms with Crippen molar-refractivity contribution in [2.45, 2.75) is 30.8 Å². The Bertz CT molecular complexity index is 564. The van der Waals surface area contributed by atoms with Gasteiger partial charge in [0.2, 0.25) is 10.0 Å². The highest BCUT2D eigenvalue weighted by molar-refractivity contribution is 7.98. The molecule has 0 fully saturated rings. The van der Waals surface area contributed by atoms with E-state index >= 15 is 0 Å². The normalized spacial score (nSPS) is 13.6. The van der Waals surface area contributed by atoms with E-state index in [1.165, 1.54) is 23.5 Å². The van der Waals surface area contributed by atoms with E-state index in [1.807, 2.05) is 13.2 Å². The molecule has 1 aromatic rings. The van der Waals surface area contributed by atoms with Gasteiger partial charge in [-0.2, -0.15) is 16.1 Å². The van der Waals surface area contributed by atoms with Crippen LogP contribution in [0, 0.1) is 5.82 Å². The largest absolute Gasteiger partial charge is 0.316 e. The molecule has 1 aromatic carbocycles. The van der Waals surface area contributed by atoms with Gasteiger partial charge in [-0.05, 0) is 50.1 Å². The lowest BCUT2D eigenvalue weighted by molar-refractivity contribution is 0.380. The van der Waals surface area contributed by atoms with Crippen LogP contribution in [0.2, 0.25) is 0 Å². The summed E-state index contributed by atoms with van der Waals surface area (Å²) >= 11 is 1.66. The lowest BCUT2D eigenvalue weighted by atomic mass is 10.2. The third-order valence-electron chi connectivity index (χ3n) is 3.39. The molecule has 0 spiro atoms. The highest BCUT2D eigenvalue weighted by atomic mass is 32.2. The Morgan fingerprint density at radius 1 is 1.43 bits per heavy atom. The maximum Gasteiger partial charge on any atom is 0.245 e. The molecular formula is C14H23FN2O2S2. The second-order valence-corrected chi connectivity index (χ2v) is 7.90. The van der Waals surface area contributed by atoms with Crippen LogP contribution in [0.15, 0.2) is 23.1 Å². The molecule has 0 bridgehead atoms. The summed E-state index contributed by atoms with van der Waals surface area (Å²) in [5.74, 6) is 0.155. The predicted octanol–water partition coefficient (Wildman–Crippen LogP) is 2.31. The van der Waals surface area contributed by atoms with Crippen molar-refractivity contribution in [3.63, 3.8) is 0 Å². The highest BCUT2D eigenvalue weighted by Gasteiger charge is 2.28. The average Bonchev–Trinajstić information content (AvgIpc) is 2.45. The molecule has 1 unspecified atom stereocenters. The van der Waals surface area contributed by atoms with Crippen LogP contribution in [0.4, 0.5) is 4.39 Å². The number of hydrogen-bond acceptors (Lipinski definition) is 4. The van der Waals surface area contributed by atoms with E-state index in [0.29, 0.717) is 6.54 Å².